The molecule has 7 heteroatoms. The van der Waals surface area contributed by atoms with Crippen molar-refractivity contribution in [1.29, 1.82) is 0 Å². The van der Waals surface area contributed by atoms with Crippen LogP contribution in [-0.4, -0.2) is 15.3 Å². The topological polar surface area (TPSA) is 85.8 Å². The average molecular weight is 361 g/mol. The summed E-state index contributed by atoms with van der Waals surface area (Å²) in [5.74, 6) is 0.291. The minimum Gasteiger partial charge on any atom is -0.485 e. The molecule has 0 saturated carbocycles. The minimum atomic E-state index is -0.377. The molecule has 4 rings (SSSR count). The second kappa shape index (κ2) is 7.17. The number of hydrogen-bond donors (Lipinski definition) is 1. The van der Waals surface area contributed by atoms with E-state index in [-0.39, 0.29) is 23.8 Å². The number of pyridine rings is 1. The number of para-hydroxylation sites is 2. The molecule has 0 spiro atoms. The molecule has 0 unspecified atom stereocenters. The van der Waals surface area contributed by atoms with Gasteiger partial charge in [0.25, 0.3) is 11.5 Å². The molecule has 1 amide bonds. The van der Waals surface area contributed by atoms with Gasteiger partial charge in [-0.1, -0.05) is 18.2 Å². The van der Waals surface area contributed by atoms with Gasteiger partial charge in [0, 0.05) is 12.3 Å². The van der Waals surface area contributed by atoms with Gasteiger partial charge in [0.1, 0.15) is 18.0 Å². The number of benzene rings is 1. The molecule has 27 heavy (non-hydrogen) atoms. The van der Waals surface area contributed by atoms with E-state index in [1.807, 2.05) is 6.07 Å². The molecule has 0 fully saturated rings. The lowest BCUT2D eigenvalue weighted by Crippen LogP contribution is -2.16. The molecule has 3 heterocycles. The molecule has 3 aromatic heterocycles. The van der Waals surface area contributed by atoms with Gasteiger partial charge < -0.3 is 14.5 Å². The van der Waals surface area contributed by atoms with Crippen LogP contribution >= 0.6 is 0 Å². The third-order valence-corrected chi connectivity index (χ3v) is 3.88. The van der Waals surface area contributed by atoms with E-state index in [1.165, 1.54) is 16.7 Å². The molecule has 0 aliphatic heterocycles. The maximum atomic E-state index is 12.2. The van der Waals surface area contributed by atoms with Crippen molar-refractivity contribution in [1.82, 2.24) is 9.38 Å². The highest BCUT2D eigenvalue weighted by molar-refractivity contribution is 6.03. The number of furan rings is 1. The van der Waals surface area contributed by atoms with Gasteiger partial charge in [-0.3, -0.25) is 14.0 Å². The third-order valence-electron chi connectivity index (χ3n) is 3.88. The van der Waals surface area contributed by atoms with Crippen molar-refractivity contribution in [3.63, 3.8) is 0 Å². The molecule has 0 bridgehead atoms. The van der Waals surface area contributed by atoms with Crippen LogP contribution in [0.15, 0.2) is 82.3 Å². The zero-order valence-corrected chi connectivity index (χ0v) is 14.2. The highest BCUT2D eigenvalue weighted by atomic mass is 16.5. The smallest absolute Gasteiger partial charge is 0.291 e. The van der Waals surface area contributed by atoms with Crippen molar-refractivity contribution in [3.8, 4) is 5.75 Å². The Labute approximate surface area is 153 Å². The van der Waals surface area contributed by atoms with E-state index in [1.54, 1.807) is 54.7 Å². The standard InChI is InChI=1S/C20H15N3O4/c24-19-12-14(21-18-9-3-4-10-23(18)19)13-27-16-7-2-1-6-15(16)22-20(25)17-8-5-11-26-17/h1-12H,13H2,(H,22,25). The monoisotopic (exact) mass is 361 g/mol. The van der Waals surface area contributed by atoms with Crippen LogP contribution in [0, 0.1) is 0 Å². The lowest BCUT2D eigenvalue weighted by Gasteiger charge is -2.12. The highest BCUT2D eigenvalue weighted by Crippen LogP contribution is 2.25. The summed E-state index contributed by atoms with van der Waals surface area (Å²) in [4.78, 5) is 28.7. The van der Waals surface area contributed by atoms with Gasteiger partial charge in [-0.05, 0) is 36.4 Å². The molecule has 0 aliphatic carbocycles. The van der Waals surface area contributed by atoms with Crippen LogP contribution < -0.4 is 15.6 Å². The van der Waals surface area contributed by atoms with Gasteiger partial charge in [-0.15, -0.1) is 0 Å². The van der Waals surface area contributed by atoms with E-state index in [4.69, 9.17) is 9.15 Å². The fourth-order valence-corrected chi connectivity index (χ4v) is 2.62. The minimum absolute atomic E-state index is 0.0915. The number of carbonyl (C=O) groups is 1. The predicted octanol–water partition coefficient (Wildman–Crippen LogP) is 3.12. The van der Waals surface area contributed by atoms with Crippen LogP contribution in [0.25, 0.3) is 5.65 Å². The van der Waals surface area contributed by atoms with Crippen LogP contribution in [0.2, 0.25) is 0 Å². The molecule has 0 aliphatic rings. The zero-order valence-electron chi connectivity index (χ0n) is 14.2. The van der Waals surface area contributed by atoms with Crippen LogP contribution in [0.4, 0.5) is 5.69 Å². The van der Waals surface area contributed by atoms with Gasteiger partial charge >= 0.3 is 0 Å². The average Bonchev–Trinajstić information content (AvgIpc) is 3.22. The second-order valence-electron chi connectivity index (χ2n) is 5.73. The molecule has 0 atom stereocenters. The molecule has 4 aromatic rings. The number of aromatic nitrogens is 2. The normalized spacial score (nSPS) is 10.7. The van der Waals surface area contributed by atoms with E-state index in [0.29, 0.717) is 22.8 Å². The summed E-state index contributed by atoms with van der Waals surface area (Å²) >= 11 is 0. The summed E-state index contributed by atoms with van der Waals surface area (Å²) < 4.78 is 12.3. The first-order chi connectivity index (χ1) is 13.2. The Bertz CT molecular complexity index is 1150. The number of rotatable bonds is 5. The Morgan fingerprint density at radius 1 is 1.11 bits per heavy atom. The molecule has 7 nitrogen and oxygen atoms in total. The zero-order chi connectivity index (χ0) is 18.6. The largest absolute Gasteiger partial charge is 0.485 e. The number of anilines is 1. The molecular weight excluding hydrogens is 346 g/mol. The number of carbonyl (C=O) groups excluding carboxylic acids is 1. The number of fused-ring (bicyclic) bond motifs is 1. The number of amides is 1. The first-order valence-electron chi connectivity index (χ1n) is 8.25. The number of hydrogen-bond acceptors (Lipinski definition) is 5. The summed E-state index contributed by atoms with van der Waals surface area (Å²) in [6.07, 6.45) is 3.09. The van der Waals surface area contributed by atoms with E-state index in [9.17, 15) is 9.59 Å². The van der Waals surface area contributed by atoms with Crippen molar-refractivity contribution in [2.45, 2.75) is 6.61 Å². The van der Waals surface area contributed by atoms with Gasteiger partial charge in [0.05, 0.1) is 17.6 Å². The number of nitrogens with zero attached hydrogens (tertiary/aromatic N) is 2. The summed E-state index contributed by atoms with van der Waals surface area (Å²) in [6, 6.07) is 17.0. The predicted molar refractivity (Wildman–Crippen MR) is 98.9 cm³/mol. The van der Waals surface area contributed by atoms with Crippen LogP contribution in [-0.2, 0) is 6.61 Å². The van der Waals surface area contributed by atoms with Crippen LogP contribution in [0.5, 0.6) is 5.75 Å². The van der Waals surface area contributed by atoms with Crippen molar-refractivity contribution in [2.75, 3.05) is 5.32 Å². The summed E-state index contributed by atoms with van der Waals surface area (Å²) in [5.41, 5.74) is 1.36. The molecule has 1 aromatic carbocycles. The maximum Gasteiger partial charge on any atom is 0.291 e. The fraction of sp³-hybridized carbons (Fsp3) is 0.0500. The van der Waals surface area contributed by atoms with E-state index >= 15 is 0 Å². The molecular formula is C20H15N3O4. The van der Waals surface area contributed by atoms with E-state index in [0.717, 1.165) is 0 Å². The Morgan fingerprint density at radius 2 is 1.96 bits per heavy atom. The molecule has 134 valence electrons. The van der Waals surface area contributed by atoms with E-state index < -0.39 is 0 Å². The molecule has 1 N–H and O–H groups in total. The van der Waals surface area contributed by atoms with E-state index in [2.05, 4.69) is 10.3 Å². The Morgan fingerprint density at radius 3 is 2.81 bits per heavy atom. The Kier molecular flexibility index (Phi) is 4.40. The maximum absolute atomic E-state index is 12.2. The Hall–Kier alpha value is -3.87. The molecule has 0 saturated heterocycles. The summed E-state index contributed by atoms with van der Waals surface area (Å²) in [5, 5.41) is 2.75. The van der Waals surface area contributed by atoms with Crippen molar-refractivity contribution in [2.24, 2.45) is 0 Å². The van der Waals surface area contributed by atoms with Crippen LogP contribution in [0.3, 0.4) is 0 Å². The number of nitrogens with one attached hydrogen (secondary N) is 1. The highest BCUT2D eigenvalue weighted by Gasteiger charge is 2.12. The quantitative estimate of drug-likeness (QED) is 0.590. The van der Waals surface area contributed by atoms with Gasteiger partial charge in [-0.2, -0.15) is 0 Å². The first kappa shape index (κ1) is 16.6. The lowest BCUT2D eigenvalue weighted by molar-refractivity contribution is 0.0996. The molecule has 0 radical (unpaired) electrons. The second-order valence-corrected chi connectivity index (χ2v) is 5.73. The van der Waals surface area contributed by atoms with Gasteiger partial charge in [0.2, 0.25) is 0 Å². The van der Waals surface area contributed by atoms with Gasteiger partial charge in [-0.25, -0.2) is 4.98 Å². The lowest BCUT2D eigenvalue weighted by atomic mass is 10.2. The van der Waals surface area contributed by atoms with Crippen molar-refractivity contribution < 1.29 is 13.9 Å². The third kappa shape index (κ3) is 3.57. The van der Waals surface area contributed by atoms with Gasteiger partial charge in [0.15, 0.2) is 5.76 Å². The first-order valence-corrected chi connectivity index (χ1v) is 8.25. The van der Waals surface area contributed by atoms with Crippen molar-refractivity contribution in [3.05, 3.63) is 94.9 Å². The summed E-state index contributed by atoms with van der Waals surface area (Å²) in [6.45, 7) is 0.0915. The van der Waals surface area contributed by atoms with Crippen LogP contribution in [0.1, 0.15) is 16.2 Å². The number of ether oxygens (including phenoxy) is 1. The fourth-order valence-electron chi connectivity index (χ4n) is 2.62. The van der Waals surface area contributed by atoms with Crippen molar-refractivity contribution >= 4 is 17.2 Å². The summed E-state index contributed by atoms with van der Waals surface area (Å²) in [7, 11) is 0. The Balaban J connectivity index is 1.54. The SMILES string of the molecule is O=C(Nc1ccccc1OCc1cc(=O)n2ccccc2n1)c1ccco1.